The first-order valence-corrected chi connectivity index (χ1v) is 8.75. The van der Waals surface area contributed by atoms with Crippen LogP contribution in [-0.2, 0) is 0 Å². The van der Waals surface area contributed by atoms with Gasteiger partial charge in [0.25, 0.3) is 0 Å². The number of hydrogen-bond donors (Lipinski definition) is 0. The fourth-order valence-corrected chi connectivity index (χ4v) is 2.70. The number of pyridine rings is 2. The number of benzene rings is 1. The van der Waals surface area contributed by atoms with E-state index in [1.807, 2.05) is 64.1 Å². The summed E-state index contributed by atoms with van der Waals surface area (Å²) in [6.45, 7) is 12.1. The highest BCUT2D eigenvalue weighted by molar-refractivity contribution is 6.09. The lowest BCUT2D eigenvalue weighted by Crippen LogP contribution is -2.07. The van der Waals surface area contributed by atoms with Crippen LogP contribution in [0.1, 0.15) is 52.3 Å². The smallest absolute Gasteiger partial charge is 0.211 e. The van der Waals surface area contributed by atoms with Gasteiger partial charge in [0.15, 0.2) is 0 Å². The van der Waals surface area contributed by atoms with Gasteiger partial charge in [-0.3, -0.25) is 14.8 Å². The zero-order chi connectivity index (χ0) is 19.1. The average molecular weight is 344 g/mol. The van der Waals surface area contributed by atoms with E-state index in [1.54, 1.807) is 24.5 Å². The largest absolute Gasteiger partial charge is 0.287 e. The van der Waals surface area contributed by atoms with Crippen molar-refractivity contribution < 1.29 is 4.79 Å². The summed E-state index contributed by atoms with van der Waals surface area (Å²) in [4.78, 5) is 21.2. The van der Waals surface area contributed by atoms with Crippen molar-refractivity contribution in [1.82, 2.24) is 9.97 Å². The molecule has 0 aliphatic heterocycles. The van der Waals surface area contributed by atoms with Crippen LogP contribution < -0.4 is 0 Å². The Labute approximate surface area is 155 Å². The second kappa shape index (κ2) is 8.86. The molecule has 0 unspecified atom stereocenters. The van der Waals surface area contributed by atoms with E-state index in [2.05, 4.69) is 16.5 Å². The summed E-state index contributed by atoms with van der Waals surface area (Å²) >= 11 is 0. The standard InChI is InChI=1S/C21H18N2O.C2H6/c1-14-13-18(21(24)20-9-5-7-11-23-20)15(2)12-17(14)16(3)19-8-4-6-10-22-19;1-2/h4-13H,3H2,1-2H3;1-2H3. The molecule has 0 radical (unpaired) electrons. The van der Waals surface area contributed by atoms with Crippen molar-refractivity contribution in [3.05, 3.63) is 101 Å². The van der Waals surface area contributed by atoms with Crippen LogP contribution >= 0.6 is 0 Å². The molecule has 3 aromatic rings. The molecular weight excluding hydrogens is 320 g/mol. The third kappa shape index (κ3) is 4.12. The maximum absolute atomic E-state index is 12.7. The number of hydrogen-bond acceptors (Lipinski definition) is 3. The van der Waals surface area contributed by atoms with E-state index >= 15 is 0 Å². The molecule has 0 spiro atoms. The Bertz CT molecular complexity index is 823. The van der Waals surface area contributed by atoms with Crippen molar-refractivity contribution >= 4 is 11.4 Å². The monoisotopic (exact) mass is 344 g/mol. The Balaban J connectivity index is 0.00000117. The lowest BCUT2D eigenvalue weighted by molar-refractivity contribution is 0.103. The Morgan fingerprint density at radius 2 is 1.31 bits per heavy atom. The number of aromatic nitrogens is 2. The van der Waals surface area contributed by atoms with Crippen molar-refractivity contribution in [3.8, 4) is 0 Å². The second-order valence-corrected chi connectivity index (χ2v) is 5.72. The zero-order valence-corrected chi connectivity index (χ0v) is 15.8. The third-order valence-electron chi connectivity index (χ3n) is 4.01. The van der Waals surface area contributed by atoms with Crippen LogP contribution in [0.15, 0.2) is 67.5 Å². The zero-order valence-electron chi connectivity index (χ0n) is 15.8. The van der Waals surface area contributed by atoms with Gasteiger partial charge in [-0.15, -0.1) is 0 Å². The molecule has 26 heavy (non-hydrogen) atoms. The first-order valence-electron chi connectivity index (χ1n) is 8.75. The van der Waals surface area contributed by atoms with E-state index in [0.29, 0.717) is 11.3 Å². The number of rotatable bonds is 4. The van der Waals surface area contributed by atoms with Crippen LogP contribution in [0.25, 0.3) is 5.57 Å². The average Bonchev–Trinajstić information content (AvgIpc) is 2.71. The quantitative estimate of drug-likeness (QED) is 0.594. The molecular formula is C23H24N2O. The molecule has 0 fully saturated rings. The molecule has 0 amide bonds. The Morgan fingerprint density at radius 3 is 1.85 bits per heavy atom. The van der Waals surface area contributed by atoms with Crippen LogP contribution in [0.5, 0.6) is 0 Å². The fraction of sp³-hybridized carbons (Fsp3) is 0.174. The third-order valence-corrected chi connectivity index (χ3v) is 4.01. The van der Waals surface area contributed by atoms with Crippen LogP contribution in [0.4, 0.5) is 0 Å². The van der Waals surface area contributed by atoms with Crippen molar-refractivity contribution in [3.63, 3.8) is 0 Å². The molecule has 132 valence electrons. The lowest BCUT2D eigenvalue weighted by Gasteiger charge is -2.13. The minimum atomic E-state index is -0.0637. The minimum Gasteiger partial charge on any atom is -0.287 e. The number of nitrogens with zero attached hydrogens (tertiary/aromatic N) is 2. The van der Waals surface area contributed by atoms with Gasteiger partial charge in [-0.2, -0.15) is 0 Å². The summed E-state index contributed by atoms with van der Waals surface area (Å²) in [6.07, 6.45) is 3.38. The van der Waals surface area contributed by atoms with Gasteiger partial charge in [-0.1, -0.05) is 38.6 Å². The van der Waals surface area contributed by atoms with Crippen LogP contribution in [-0.4, -0.2) is 15.8 Å². The van der Waals surface area contributed by atoms with Crippen molar-refractivity contribution in [1.29, 1.82) is 0 Å². The Morgan fingerprint density at radius 1 is 0.808 bits per heavy atom. The summed E-state index contributed by atoms with van der Waals surface area (Å²) in [5.74, 6) is -0.0637. The molecule has 0 N–H and O–H groups in total. The fourth-order valence-electron chi connectivity index (χ4n) is 2.70. The number of carbonyl (C=O) groups excluding carboxylic acids is 1. The van der Waals surface area contributed by atoms with Gasteiger partial charge in [0.05, 0.1) is 5.69 Å². The van der Waals surface area contributed by atoms with E-state index in [-0.39, 0.29) is 5.78 Å². The Kier molecular flexibility index (Phi) is 6.56. The molecule has 2 aromatic heterocycles. The van der Waals surface area contributed by atoms with Gasteiger partial charge in [0.2, 0.25) is 5.78 Å². The van der Waals surface area contributed by atoms with E-state index in [9.17, 15) is 4.79 Å². The molecule has 1 aromatic carbocycles. The number of ketones is 1. The van der Waals surface area contributed by atoms with Gasteiger partial charge < -0.3 is 0 Å². The summed E-state index contributed by atoms with van der Waals surface area (Å²) in [7, 11) is 0. The first-order chi connectivity index (χ1) is 12.6. The van der Waals surface area contributed by atoms with E-state index < -0.39 is 0 Å². The van der Waals surface area contributed by atoms with Crippen LogP contribution in [0, 0.1) is 13.8 Å². The maximum atomic E-state index is 12.7. The molecule has 2 heterocycles. The predicted molar refractivity (Wildman–Crippen MR) is 107 cm³/mol. The first kappa shape index (κ1) is 19.3. The summed E-state index contributed by atoms with van der Waals surface area (Å²) < 4.78 is 0. The molecule has 0 saturated carbocycles. The van der Waals surface area contributed by atoms with Crippen LogP contribution in [0.2, 0.25) is 0 Å². The highest BCUT2D eigenvalue weighted by Crippen LogP contribution is 2.27. The molecule has 3 rings (SSSR count). The van der Waals surface area contributed by atoms with E-state index in [0.717, 1.165) is 28.0 Å². The molecule has 0 saturated heterocycles. The van der Waals surface area contributed by atoms with Crippen molar-refractivity contribution in [2.45, 2.75) is 27.7 Å². The minimum absolute atomic E-state index is 0.0637. The number of carbonyl (C=O) groups is 1. The van der Waals surface area contributed by atoms with Gasteiger partial charge in [-0.25, -0.2) is 0 Å². The summed E-state index contributed by atoms with van der Waals surface area (Å²) in [5.41, 5.74) is 5.72. The molecule has 3 heteroatoms. The van der Waals surface area contributed by atoms with E-state index in [1.165, 1.54) is 0 Å². The van der Waals surface area contributed by atoms with Gasteiger partial charge in [0.1, 0.15) is 5.69 Å². The molecule has 3 nitrogen and oxygen atoms in total. The molecule has 0 atom stereocenters. The van der Waals surface area contributed by atoms with Gasteiger partial charge in [0, 0.05) is 23.5 Å². The molecule has 0 bridgehead atoms. The van der Waals surface area contributed by atoms with Crippen molar-refractivity contribution in [2.75, 3.05) is 0 Å². The van der Waals surface area contributed by atoms with Crippen LogP contribution in [0.3, 0.4) is 0 Å². The van der Waals surface area contributed by atoms with Crippen molar-refractivity contribution in [2.24, 2.45) is 0 Å². The molecule has 0 aliphatic rings. The maximum Gasteiger partial charge on any atom is 0.211 e. The summed E-state index contributed by atoms with van der Waals surface area (Å²) in [6, 6.07) is 15.0. The molecule has 0 aliphatic carbocycles. The van der Waals surface area contributed by atoms with E-state index in [4.69, 9.17) is 0 Å². The van der Waals surface area contributed by atoms with Gasteiger partial charge >= 0.3 is 0 Å². The Hall–Kier alpha value is -3.07. The predicted octanol–water partition coefficient (Wildman–Crippen LogP) is 5.41. The summed E-state index contributed by atoms with van der Waals surface area (Å²) in [5, 5.41) is 0. The second-order valence-electron chi connectivity index (χ2n) is 5.72. The highest BCUT2D eigenvalue weighted by atomic mass is 16.1. The lowest BCUT2D eigenvalue weighted by atomic mass is 9.92. The van der Waals surface area contributed by atoms with Gasteiger partial charge in [-0.05, 0) is 60.9 Å². The number of aryl methyl sites for hydroxylation is 2. The highest BCUT2D eigenvalue weighted by Gasteiger charge is 2.16. The SMILES string of the molecule is C=C(c1ccccn1)c1cc(C)c(C(=O)c2ccccn2)cc1C.CC. The normalized spacial score (nSPS) is 9.85. The topological polar surface area (TPSA) is 42.9 Å².